The molecule has 0 bridgehead atoms. The first-order valence-corrected chi connectivity index (χ1v) is 7.95. The van der Waals surface area contributed by atoms with E-state index in [0.29, 0.717) is 13.1 Å². The van der Waals surface area contributed by atoms with Crippen molar-refractivity contribution in [2.24, 2.45) is 0 Å². The lowest BCUT2D eigenvalue weighted by atomic mass is 10.2. The number of nitrogens with zero attached hydrogens (tertiary/aromatic N) is 2. The topological polar surface area (TPSA) is 62.3 Å². The van der Waals surface area contributed by atoms with Gasteiger partial charge < -0.3 is 5.32 Å². The predicted molar refractivity (Wildman–Crippen MR) is 72.0 cm³/mol. The number of nitrogens with one attached hydrogen (secondary N) is 1. The van der Waals surface area contributed by atoms with Gasteiger partial charge >= 0.3 is 0 Å². The van der Waals surface area contributed by atoms with E-state index in [4.69, 9.17) is 0 Å². The molecule has 0 unspecified atom stereocenters. The van der Waals surface area contributed by atoms with Gasteiger partial charge in [0.05, 0.1) is 6.26 Å². The van der Waals surface area contributed by atoms with Crippen LogP contribution in [0.15, 0.2) is 18.3 Å². The molecule has 1 N–H and O–H groups in total. The van der Waals surface area contributed by atoms with Crippen LogP contribution in [0.4, 0.5) is 5.82 Å². The van der Waals surface area contributed by atoms with Crippen molar-refractivity contribution in [3.05, 3.63) is 23.9 Å². The fraction of sp³-hybridized carbons (Fsp3) is 0.583. The molecule has 0 radical (unpaired) electrons. The van der Waals surface area contributed by atoms with Gasteiger partial charge in [0.25, 0.3) is 0 Å². The van der Waals surface area contributed by atoms with Crippen LogP contribution in [-0.2, 0) is 10.0 Å². The number of aryl methyl sites for hydroxylation is 1. The summed E-state index contributed by atoms with van der Waals surface area (Å²) in [5.41, 5.74) is 1.14. The van der Waals surface area contributed by atoms with Gasteiger partial charge in [0.2, 0.25) is 10.0 Å². The minimum Gasteiger partial charge on any atom is -0.368 e. The minimum atomic E-state index is -3.09. The number of hydrogen-bond donors (Lipinski definition) is 1. The first-order valence-electron chi connectivity index (χ1n) is 6.10. The lowest BCUT2D eigenvalue weighted by molar-refractivity contribution is 0.402. The number of hydrogen-bond acceptors (Lipinski definition) is 4. The average Bonchev–Trinajstić information content (AvgIpc) is 2.74. The zero-order chi connectivity index (χ0) is 13.2. The largest absolute Gasteiger partial charge is 0.368 e. The van der Waals surface area contributed by atoms with Gasteiger partial charge in [0, 0.05) is 25.3 Å². The van der Waals surface area contributed by atoms with E-state index in [2.05, 4.69) is 10.3 Å². The van der Waals surface area contributed by atoms with Crippen molar-refractivity contribution in [2.75, 3.05) is 24.7 Å². The van der Waals surface area contributed by atoms with E-state index in [1.165, 1.54) is 6.26 Å². The molecule has 0 aromatic carbocycles. The van der Waals surface area contributed by atoms with Crippen LogP contribution >= 0.6 is 0 Å². The molecule has 2 heterocycles. The zero-order valence-corrected chi connectivity index (χ0v) is 11.6. The van der Waals surface area contributed by atoms with Crippen LogP contribution in [0.1, 0.15) is 18.4 Å². The summed E-state index contributed by atoms with van der Waals surface area (Å²) in [6.07, 6.45) is 4.86. The van der Waals surface area contributed by atoms with E-state index >= 15 is 0 Å². The molecule has 0 amide bonds. The van der Waals surface area contributed by atoms with Gasteiger partial charge in [-0.3, -0.25) is 0 Å². The highest BCUT2D eigenvalue weighted by molar-refractivity contribution is 7.88. The highest BCUT2D eigenvalue weighted by Crippen LogP contribution is 2.20. The monoisotopic (exact) mass is 269 g/mol. The molecule has 1 aliphatic rings. The van der Waals surface area contributed by atoms with E-state index in [1.807, 2.05) is 19.1 Å². The summed E-state index contributed by atoms with van der Waals surface area (Å²) in [4.78, 5) is 4.21. The van der Waals surface area contributed by atoms with Crippen LogP contribution < -0.4 is 5.32 Å². The van der Waals surface area contributed by atoms with Gasteiger partial charge in [-0.05, 0) is 37.5 Å². The molecule has 1 aromatic rings. The fourth-order valence-electron chi connectivity index (χ4n) is 2.31. The third kappa shape index (κ3) is 3.20. The predicted octanol–water partition coefficient (Wildman–Crippen LogP) is 1.23. The molecule has 1 aromatic heterocycles. The average molecular weight is 269 g/mol. The van der Waals surface area contributed by atoms with Gasteiger partial charge in [-0.1, -0.05) is 0 Å². The van der Waals surface area contributed by atoms with E-state index < -0.39 is 10.0 Å². The molecule has 6 heteroatoms. The van der Waals surface area contributed by atoms with E-state index in [-0.39, 0.29) is 6.04 Å². The maximum absolute atomic E-state index is 11.6. The third-order valence-electron chi connectivity index (χ3n) is 3.18. The van der Waals surface area contributed by atoms with Crippen molar-refractivity contribution in [1.29, 1.82) is 0 Å². The molecule has 1 saturated heterocycles. The molecule has 100 valence electrons. The van der Waals surface area contributed by atoms with Crippen LogP contribution in [0, 0.1) is 6.92 Å². The van der Waals surface area contributed by atoms with Crippen molar-refractivity contribution in [1.82, 2.24) is 9.29 Å². The number of anilines is 1. The SMILES string of the molecule is Cc1ccnc(NC[C@H]2CCCN2S(C)(=O)=O)c1. The fourth-order valence-corrected chi connectivity index (χ4v) is 3.49. The molecule has 0 aliphatic carbocycles. The second-order valence-electron chi connectivity index (χ2n) is 4.77. The Balaban J connectivity index is 1.98. The summed E-state index contributed by atoms with van der Waals surface area (Å²) in [6.45, 7) is 3.25. The summed E-state index contributed by atoms with van der Waals surface area (Å²) in [5, 5.41) is 3.21. The Morgan fingerprint density at radius 1 is 1.56 bits per heavy atom. The smallest absolute Gasteiger partial charge is 0.211 e. The van der Waals surface area contributed by atoms with Crippen LogP contribution in [0.25, 0.3) is 0 Å². The quantitative estimate of drug-likeness (QED) is 0.893. The van der Waals surface area contributed by atoms with Crippen LogP contribution in [0.2, 0.25) is 0 Å². The molecule has 1 atom stereocenters. The number of aromatic nitrogens is 1. The van der Waals surface area contributed by atoms with Crippen LogP contribution in [0.5, 0.6) is 0 Å². The summed E-state index contributed by atoms with van der Waals surface area (Å²) in [5.74, 6) is 0.801. The Bertz CT molecular complexity index is 516. The maximum Gasteiger partial charge on any atom is 0.211 e. The molecule has 2 rings (SSSR count). The van der Waals surface area contributed by atoms with Gasteiger partial charge in [0.15, 0.2) is 0 Å². The molecular weight excluding hydrogens is 250 g/mol. The molecule has 0 saturated carbocycles. The molecule has 5 nitrogen and oxygen atoms in total. The summed E-state index contributed by atoms with van der Waals surface area (Å²) < 4.78 is 24.8. The van der Waals surface area contributed by atoms with E-state index in [0.717, 1.165) is 24.2 Å². The Morgan fingerprint density at radius 3 is 3.00 bits per heavy atom. The van der Waals surface area contributed by atoms with Crippen molar-refractivity contribution in [2.45, 2.75) is 25.8 Å². The molecule has 1 fully saturated rings. The van der Waals surface area contributed by atoms with E-state index in [1.54, 1.807) is 10.5 Å². The van der Waals surface area contributed by atoms with Crippen molar-refractivity contribution < 1.29 is 8.42 Å². The molecule has 18 heavy (non-hydrogen) atoms. The number of rotatable bonds is 4. The zero-order valence-electron chi connectivity index (χ0n) is 10.8. The van der Waals surface area contributed by atoms with Gasteiger partial charge in [0.1, 0.15) is 5.82 Å². The highest BCUT2D eigenvalue weighted by atomic mass is 32.2. The minimum absolute atomic E-state index is 0.0438. The first kappa shape index (κ1) is 13.3. The lowest BCUT2D eigenvalue weighted by Crippen LogP contribution is -2.38. The van der Waals surface area contributed by atoms with Crippen molar-refractivity contribution in [3.63, 3.8) is 0 Å². The Hall–Kier alpha value is -1.14. The maximum atomic E-state index is 11.6. The highest BCUT2D eigenvalue weighted by Gasteiger charge is 2.30. The molecule has 1 aliphatic heterocycles. The Labute approximate surface area is 108 Å². The number of pyridine rings is 1. The second kappa shape index (κ2) is 5.24. The Kier molecular flexibility index (Phi) is 3.87. The first-order chi connectivity index (χ1) is 8.47. The van der Waals surface area contributed by atoms with Crippen LogP contribution in [-0.4, -0.2) is 43.1 Å². The van der Waals surface area contributed by atoms with Gasteiger partial charge in [-0.25, -0.2) is 13.4 Å². The molecular formula is C12H19N3O2S. The van der Waals surface area contributed by atoms with Gasteiger partial charge in [-0.2, -0.15) is 4.31 Å². The lowest BCUT2D eigenvalue weighted by Gasteiger charge is -2.22. The van der Waals surface area contributed by atoms with Crippen molar-refractivity contribution in [3.8, 4) is 0 Å². The molecule has 0 spiro atoms. The summed E-state index contributed by atoms with van der Waals surface area (Å²) in [6, 6.07) is 3.94. The Morgan fingerprint density at radius 2 is 2.33 bits per heavy atom. The summed E-state index contributed by atoms with van der Waals surface area (Å²) in [7, 11) is -3.09. The standard InChI is InChI=1S/C12H19N3O2S/c1-10-5-6-13-12(8-10)14-9-11-4-3-7-15(11)18(2,16)17/h5-6,8,11H,3-4,7,9H2,1-2H3,(H,13,14)/t11-/m1/s1. The van der Waals surface area contributed by atoms with Crippen molar-refractivity contribution >= 4 is 15.8 Å². The second-order valence-corrected chi connectivity index (χ2v) is 6.70. The van der Waals surface area contributed by atoms with Crippen LogP contribution in [0.3, 0.4) is 0 Å². The van der Waals surface area contributed by atoms with Gasteiger partial charge in [-0.15, -0.1) is 0 Å². The number of sulfonamides is 1. The summed E-state index contributed by atoms with van der Waals surface area (Å²) >= 11 is 0. The van der Waals surface area contributed by atoms with E-state index in [9.17, 15) is 8.42 Å². The normalized spacial score (nSPS) is 21.1. The third-order valence-corrected chi connectivity index (χ3v) is 4.52.